The predicted molar refractivity (Wildman–Crippen MR) is 133 cm³/mol. The van der Waals surface area contributed by atoms with Gasteiger partial charge in [-0.15, -0.1) is 0 Å². The van der Waals surface area contributed by atoms with Gasteiger partial charge in [-0.3, -0.25) is 19.2 Å². The molecule has 0 aromatic heterocycles. The van der Waals surface area contributed by atoms with Crippen molar-refractivity contribution in [2.75, 3.05) is 24.9 Å². The molecule has 2 aromatic rings. The molecule has 12 heteroatoms. The van der Waals surface area contributed by atoms with Crippen LogP contribution in [0.2, 0.25) is 20.1 Å². The van der Waals surface area contributed by atoms with E-state index in [1.165, 1.54) is 14.2 Å². The maximum atomic E-state index is 11.5. The van der Waals surface area contributed by atoms with E-state index in [1.807, 2.05) is 0 Å². The van der Waals surface area contributed by atoms with Gasteiger partial charge in [0.2, 0.25) is 11.8 Å². The summed E-state index contributed by atoms with van der Waals surface area (Å²) < 4.78 is 8.86. The number of halogens is 4. The minimum Gasteiger partial charge on any atom is -0.469 e. The van der Waals surface area contributed by atoms with Crippen LogP contribution in [0.5, 0.6) is 0 Å². The number of hydrogen-bond acceptors (Lipinski definition) is 6. The highest BCUT2D eigenvalue weighted by atomic mass is 35.5. The molecular weight excluding hydrogens is 530 g/mol. The van der Waals surface area contributed by atoms with E-state index in [0.717, 1.165) is 0 Å². The summed E-state index contributed by atoms with van der Waals surface area (Å²) in [6.07, 6.45) is 0.131. The lowest BCUT2D eigenvalue weighted by atomic mass is 10.2. The highest BCUT2D eigenvalue weighted by Crippen LogP contribution is 2.30. The van der Waals surface area contributed by atoms with Crippen LogP contribution in [0.4, 0.5) is 11.4 Å². The zero-order valence-electron chi connectivity index (χ0n) is 18.3. The smallest absolute Gasteiger partial charge is 0.306 e. The van der Waals surface area contributed by atoms with E-state index in [4.69, 9.17) is 46.4 Å². The summed E-state index contributed by atoms with van der Waals surface area (Å²) in [5.41, 5.74) is 0.850. The lowest BCUT2D eigenvalue weighted by molar-refractivity contribution is -0.142. The lowest BCUT2D eigenvalue weighted by Gasteiger charge is -2.07. The number of methoxy groups -OCH3 is 2. The number of amides is 2. The first-order valence-electron chi connectivity index (χ1n) is 9.70. The third-order valence-corrected chi connectivity index (χ3v) is 5.66. The van der Waals surface area contributed by atoms with Gasteiger partial charge in [-0.05, 0) is 24.3 Å². The van der Waals surface area contributed by atoms with Gasteiger partial charge >= 0.3 is 11.9 Å². The number of ether oxygens (including phenoxy) is 2. The Morgan fingerprint density at radius 1 is 0.647 bits per heavy atom. The van der Waals surface area contributed by atoms with Crippen molar-refractivity contribution < 1.29 is 28.7 Å². The number of esters is 2. The number of nitrogens with one attached hydrogen (secondary N) is 2. The van der Waals surface area contributed by atoms with Gasteiger partial charge in [0.1, 0.15) is 0 Å². The van der Waals surface area contributed by atoms with Crippen LogP contribution in [0.15, 0.2) is 36.4 Å². The summed E-state index contributed by atoms with van der Waals surface area (Å²) in [6.45, 7) is 0. The van der Waals surface area contributed by atoms with Gasteiger partial charge in [0, 0.05) is 12.8 Å². The van der Waals surface area contributed by atoms with Crippen molar-refractivity contribution in [3.8, 4) is 0 Å². The van der Waals surface area contributed by atoms with Crippen LogP contribution < -0.4 is 10.6 Å². The monoisotopic (exact) mass is 550 g/mol. The second-order valence-electron chi connectivity index (χ2n) is 6.45. The van der Waals surface area contributed by atoms with Crippen molar-refractivity contribution in [2.24, 2.45) is 0 Å². The average Bonchev–Trinajstić information content (AvgIpc) is 2.82. The standard InChI is InChI=1S/2C11H11Cl2NO3/c2*1-17-10(16)6-5-9(15)14-8-4-2-3-7(12)11(8)13/h2*2-4H,5-6H2,1H3,(H,14,15). The predicted octanol–water partition coefficient (Wildman–Crippen LogP) is 5.77. The molecule has 2 rings (SSSR count). The van der Waals surface area contributed by atoms with Crippen LogP contribution in [-0.2, 0) is 28.7 Å². The van der Waals surface area contributed by atoms with Gasteiger partial charge in [-0.2, -0.15) is 0 Å². The fourth-order valence-corrected chi connectivity index (χ4v) is 2.96. The zero-order chi connectivity index (χ0) is 25.7. The molecule has 0 saturated heterocycles. The molecule has 184 valence electrons. The third-order valence-electron chi connectivity index (χ3n) is 4.02. The van der Waals surface area contributed by atoms with Crippen LogP contribution in [0.3, 0.4) is 0 Å². The van der Waals surface area contributed by atoms with E-state index >= 15 is 0 Å². The number of rotatable bonds is 8. The highest BCUT2D eigenvalue weighted by molar-refractivity contribution is 6.44. The van der Waals surface area contributed by atoms with E-state index in [0.29, 0.717) is 21.4 Å². The van der Waals surface area contributed by atoms with Crippen molar-refractivity contribution >= 4 is 81.5 Å². The summed E-state index contributed by atoms with van der Waals surface area (Å²) >= 11 is 23.4. The quantitative estimate of drug-likeness (QED) is 0.403. The normalized spacial score (nSPS) is 9.82. The first kappa shape index (κ1) is 29.5. The molecule has 0 heterocycles. The second kappa shape index (κ2) is 15.4. The molecule has 0 aliphatic heterocycles. The largest absolute Gasteiger partial charge is 0.469 e. The third kappa shape index (κ3) is 10.6. The van der Waals surface area contributed by atoms with Gasteiger partial charge in [0.15, 0.2) is 0 Å². The topological polar surface area (TPSA) is 111 Å². The number of carbonyl (C=O) groups is 4. The number of hydrogen-bond donors (Lipinski definition) is 2. The van der Waals surface area contributed by atoms with Crippen LogP contribution in [0, 0.1) is 0 Å². The fourth-order valence-electron chi connectivity index (χ4n) is 2.26. The van der Waals surface area contributed by atoms with E-state index in [1.54, 1.807) is 36.4 Å². The molecule has 0 unspecified atom stereocenters. The van der Waals surface area contributed by atoms with Crippen molar-refractivity contribution in [1.29, 1.82) is 0 Å². The van der Waals surface area contributed by atoms with E-state index in [9.17, 15) is 19.2 Å². The lowest BCUT2D eigenvalue weighted by Crippen LogP contribution is -2.14. The minimum atomic E-state index is -0.433. The summed E-state index contributed by atoms with van der Waals surface area (Å²) in [6, 6.07) is 9.84. The molecule has 2 amide bonds. The van der Waals surface area contributed by atoms with Crippen LogP contribution in [-0.4, -0.2) is 38.0 Å². The maximum Gasteiger partial charge on any atom is 0.306 e. The Hall–Kier alpha value is -2.52. The molecule has 0 bridgehead atoms. The molecule has 0 saturated carbocycles. The SMILES string of the molecule is COC(=O)CCC(=O)Nc1cccc(Cl)c1Cl.COC(=O)CCC(=O)Nc1cccc(Cl)c1Cl. The number of benzene rings is 2. The van der Waals surface area contributed by atoms with Gasteiger partial charge in [-0.1, -0.05) is 58.5 Å². The Morgan fingerprint density at radius 3 is 1.32 bits per heavy atom. The molecule has 0 aliphatic carbocycles. The molecule has 34 heavy (non-hydrogen) atoms. The molecule has 0 spiro atoms. The van der Waals surface area contributed by atoms with Crippen molar-refractivity contribution in [3.05, 3.63) is 56.5 Å². The average molecular weight is 552 g/mol. The molecule has 2 N–H and O–H groups in total. The molecule has 2 aromatic carbocycles. The second-order valence-corrected chi connectivity index (χ2v) is 8.02. The van der Waals surface area contributed by atoms with Crippen molar-refractivity contribution in [2.45, 2.75) is 25.7 Å². The van der Waals surface area contributed by atoms with E-state index < -0.39 is 11.9 Å². The molecular formula is C22H22Cl4N2O6. The Morgan fingerprint density at radius 2 is 1.00 bits per heavy atom. The van der Waals surface area contributed by atoms with Gasteiger partial charge in [-0.25, -0.2) is 0 Å². The fraction of sp³-hybridized carbons (Fsp3) is 0.273. The van der Waals surface area contributed by atoms with Crippen LogP contribution in [0.25, 0.3) is 0 Å². The van der Waals surface area contributed by atoms with Gasteiger partial charge in [0.25, 0.3) is 0 Å². The van der Waals surface area contributed by atoms with Gasteiger partial charge < -0.3 is 20.1 Å². The van der Waals surface area contributed by atoms with Crippen LogP contribution >= 0.6 is 46.4 Å². The molecule has 0 aliphatic rings. The zero-order valence-corrected chi connectivity index (χ0v) is 21.3. The number of carbonyl (C=O) groups excluding carboxylic acids is 4. The molecule has 0 fully saturated rings. The summed E-state index contributed by atoms with van der Waals surface area (Å²) in [5, 5.41) is 6.41. The maximum absolute atomic E-state index is 11.5. The van der Waals surface area contributed by atoms with Crippen molar-refractivity contribution in [1.82, 2.24) is 0 Å². The summed E-state index contributed by atoms with van der Waals surface area (Å²) in [4.78, 5) is 44.6. The summed E-state index contributed by atoms with van der Waals surface area (Å²) in [5.74, 6) is -1.51. The number of anilines is 2. The minimum absolute atomic E-state index is 0.0283. The van der Waals surface area contributed by atoms with Crippen LogP contribution in [0.1, 0.15) is 25.7 Å². The Bertz CT molecular complexity index is 951. The molecule has 0 atom stereocenters. The first-order valence-corrected chi connectivity index (χ1v) is 11.2. The first-order chi connectivity index (χ1) is 16.1. The van der Waals surface area contributed by atoms with Gasteiger partial charge in [0.05, 0.1) is 58.5 Å². The van der Waals surface area contributed by atoms with Crippen molar-refractivity contribution in [3.63, 3.8) is 0 Å². The molecule has 8 nitrogen and oxygen atoms in total. The summed E-state index contributed by atoms with van der Waals surface area (Å²) in [7, 11) is 2.54. The Kier molecular flexibility index (Phi) is 13.4. The van der Waals surface area contributed by atoms with E-state index in [2.05, 4.69) is 20.1 Å². The Labute approximate surface area is 216 Å². The Balaban J connectivity index is 0.000000340. The highest BCUT2D eigenvalue weighted by Gasteiger charge is 2.11. The van der Waals surface area contributed by atoms with E-state index in [-0.39, 0.29) is 47.5 Å². The molecule has 0 radical (unpaired) electrons.